The first-order valence-corrected chi connectivity index (χ1v) is 24.1. The largest absolute Gasteiger partial charge is 0.480 e. The molecule has 0 radical (unpaired) electrons. The lowest BCUT2D eigenvalue weighted by molar-refractivity contribution is -0.162. The van der Waals surface area contributed by atoms with E-state index in [4.69, 9.17) is 9.84 Å². The molecule has 9 atom stereocenters. The zero-order chi connectivity index (χ0) is 40.2. The van der Waals surface area contributed by atoms with Gasteiger partial charge in [0.2, 0.25) is 5.91 Å². The van der Waals surface area contributed by atoms with Gasteiger partial charge in [-0.3, -0.25) is 14.4 Å². The minimum Gasteiger partial charge on any atom is -0.480 e. The molecule has 4 aliphatic carbocycles. The van der Waals surface area contributed by atoms with Crippen molar-refractivity contribution in [2.24, 2.45) is 46.3 Å². The SMILES string of the molecule is CCCCCCC/C=C\C/C=C\CCCCCCCCCCCC(=O)OC1CCC2(C)C(CCC3C2CCC2(C)C(C(C)CCC(=O)NCC(=O)O)CCC32)C1. The number of nitrogens with one attached hydrogen (secondary N) is 1. The summed E-state index contributed by atoms with van der Waals surface area (Å²) in [5, 5.41) is 11.4. The van der Waals surface area contributed by atoms with E-state index in [-0.39, 0.29) is 24.5 Å². The maximum absolute atomic E-state index is 12.9. The number of esters is 1. The van der Waals surface area contributed by atoms with E-state index in [2.05, 4.69) is 57.3 Å². The number of carboxylic acids is 1. The second kappa shape index (κ2) is 24.7. The Morgan fingerprint density at radius 2 is 1.32 bits per heavy atom. The van der Waals surface area contributed by atoms with E-state index in [1.54, 1.807) is 0 Å². The molecule has 0 aromatic carbocycles. The normalized spacial score (nSPS) is 30.5. The van der Waals surface area contributed by atoms with Crippen LogP contribution in [0.25, 0.3) is 0 Å². The van der Waals surface area contributed by atoms with Gasteiger partial charge in [-0.2, -0.15) is 0 Å². The second-order valence-electron chi connectivity index (χ2n) is 19.6. The molecule has 0 saturated heterocycles. The lowest BCUT2D eigenvalue weighted by atomic mass is 9.44. The van der Waals surface area contributed by atoms with Gasteiger partial charge in [-0.25, -0.2) is 0 Å². The minimum absolute atomic E-state index is 0.0362. The number of allylic oxidation sites excluding steroid dienone is 4. The molecule has 0 aromatic heterocycles. The van der Waals surface area contributed by atoms with Gasteiger partial charge < -0.3 is 15.2 Å². The second-order valence-corrected chi connectivity index (χ2v) is 19.6. The molecular weight excluding hydrogens is 695 g/mol. The summed E-state index contributed by atoms with van der Waals surface area (Å²) in [6.45, 7) is 9.47. The highest BCUT2D eigenvalue weighted by Crippen LogP contribution is 2.68. The van der Waals surface area contributed by atoms with Crippen molar-refractivity contribution in [3.05, 3.63) is 24.3 Å². The number of carboxylic acid groups (broad SMARTS) is 1. The summed E-state index contributed by atoms with van der Waals surface area (Å²) >= 11 is 0. The van der Waals surface area contributed by atoms with Gasteiger partial charge >= 0.3 is 11.9 Å². The van der Waals surface area contributed by atoms with Gasteiger partial charge in [0.25, 0.3) is 0 Å². The number of amides is 1. The van der Waals surface area contributed by atoms with Gasteiger partial charge in [0.1, 0.15) is 12.6 Å². The lowest BCUT2D eigenvalue weighted by Gasteiger charge is -2.61. The fourth-order valence-corrected chi connectivity index (χ4v) is 12.5. The predicted octanol–water partition coefficient (Wildman–Crippen LogP) is 13.3. The van der Waals surface area contributed by atoms with Crippen molar-refractivity contribution in [2.75, 3.05) is 6.54 Å². The molecule has 0 heterocycles. The van der Waals surface area contributed by atoms with Crippen molar-refractivity contribution < 1.29 is 24.2 Å². The molecular formula is C50H85NO5. The molecule has 1 amide bonds. The zero-order valence-corrected chi connectivity index (χ0v) is 36.6. The van der Waals surface area contributed by atoms with Crippen molar-refractivity contribution in [3.63, 3.8) is 0 Å². The molecule has 4 aliphatic rings. The Bertz CT molecular complexity index is 1230. The van der Waals surface area contributed by atoms with E-state index in [1.165, 1.54) is 135 Å². The van der Waals surface area contributed by atoms with Gasteiger partial charge in [0.15, 0.2) is 0 Å². The highest BCUT2D eigenvalue weighted by atomic mass is 16.5. The van der Waals surface area contributed by atoms with Crippen LogP contribution in [0.4, 0.5) is 0 Å². The average molecular weight is 780 g/mol. The van der Waals surface area contributed by atoms with Crippen molar-refractivity contribution in [3.8, 4) is 0 Å². The molecule has 56 heavy (non-hydrogen) atoms. The zero-order valence-electron chi connectivity index (χ0n) is 36.6. The van der Waals surface area contributed by atoms with Gasteiger partial charge in [-0.05, 0) is 149 Å². The number of unbranched alkanes of at least 4 members (excludes halogenated alkanes) is 14. The van der Waals surface area contributed by atoms with E-state index in [9.17, 15) is 14.4 Å². The van der Waals surface area contributed by atoms with E-state index >= 15 is 0 Å². The number of carbonyl (C=O) groups is 3. The quantitative estimate of drug-likeness (QED) is 0.0492. The number of rotatable bonds is 27. The third-order valence-corrected chi connectivity index (χ3v) is 15.8. The summed E-state index contributed by atoms with van der Waals surface area (Å²) in [5.74, 6) is 3.03. The highest BCUT2D eigenvalue weighted by Gasteiger charge is 2.60. The van der Waals surface area contributed by atoms with Crippen molar-refractivity contribution in [1.82, 2.24) is 5.32 Å². The van der Waals surface area contributed by atoms with Crippen LogP contribution in [0.15, 0.2) is 24.3 Å². The fourth-order valence-electron chi connectivity index (χ4n) is 12.5. The summed E-state index contributed by atoms with van der Waals surface area (Å²) in [6.07, 6.45) is 44.1. The molecule has 9 unspecified atom stereocenters. The van der Waals surface area contributed by atoms with E-state index in [0.29, 0.717) is 41.4 Å². The third kappa shape index (κ3) is 14.3. The summed E-state index contributed by atoms with van der Waals surface area (Å²) in [5.41, 5.74) is 0.705. The molecule has 6 heteroatoms. The number of carbonyl (C=O) groups excluding carboxylic acids is 2. The van der Waals surface area contributed by atoms with Gasteiger partial charge in [0.05, 0.1) is 0 Å². The summed E-state index contributed by atoms with van der Waals surface area (Å²) in [4.78, 5) is 36.0. The average Bonchev–Trinajstić information content (AvgIpc) is 3.54. The predicted molar refractivity (Wildman–Crippen MR) is 231 cm³/mol. The van der Waals surface area contributed by atoms with Crippen LogP contribution in [0.2, 0.25) is 0 Å². The first kappa shape index (κ1) is 46.6. The van der Waals surface area contributed by atoms with Crippen LogP contribution in [-0.2, 0) is 19.1 Å². The Balaban J connectivity index is 1.02. The highest BCUT2D eigenvalue weighted by molar-refractivity contribution is 5.81. The Morgan fingerprint density at radius 3 is 1.98 bits per heavy atom. The molecule has 0 bridgehead atoms. The Morgan fingerprint density at radius 1 is 0.714 bits per heavy atom. The van der Waals surface area contributed by atoms with E-state index in [1.807, 2.05) is 0 Å². The number of hydrogen-bond acceptors (Lipinski definition) is 4. The van der Waals surface area contributed by atoms with Crippen molar-refractivity contribution in [2.45, 2.75) is 220 Å². The van der Waals surface area contributed by atoms with E-state index in [0.717, 1.165) is 56.3 Å². The third-order valence-electron chi connectivity index (χ3n) is 15.8. The maximum Gasteiger partial charge on any atom is 0.322 e. The molecule has 6 nitrogen and oxygen atoms in total. The minimum atomic E-state index is -0.989. The van der Waals surface area contributed by atoms with Crippen LogP contribution in [0.5, 0.6) is 0 Å². The number of hydrogen-bond donors (Lipinski definition) is 2. The standard InChI is InChI=1S/C50H85NO5/c1-5-6-7-8-9-10-11-12-13-14-15-16-17-18-19-20-21-22-23-24-25-26-48(55)56-41-33-35-49(3)40(37-41)28-29-42-44-31-30-43(50(44,4)36-34-45(42)49)39(2)27-32-46(52)51-38-47(53)54/h11-12,14-15,39-45H,5-10,13,16-38H2,1-4H3,(H,51,52)(H,53,54)/b12-11-,15-14-. The number of ether oxygens (including phenoxy) is 1. The fraction of sp³-hybridized carbons (Fsp3) is 0.860. The number of fused-ring (bicyclic) bond motifs is 5. The summed E-state index contributed by atoms with van der Waals surface area (Å²) < 4.78 is 6.15. The van der Waals surface area contributed by atoms with Crippen LogP contribution in [0.3, 0.4) is 0 Å². The van der Waals surface area contributed by atoms with Crippen LogP contribution in [0.1, 0.15) is 214 Å². The first-order chi connectivity index (χ1) is 27.1. The maximum atomic E-state index is 12.9. The summed E-state index contributed by atoms with van der Waals surface area (Å²) in [7, 11) is 0. The monoisotopic (exact) mass is 780 g/mol. The van der Waals surface area contributed by atoms with Gasteiger partial charge in [-0.1, -0.05) is 123 Å². The van der Waals surface area contributed by atoms with Crippen LogP contribution < -0.4 is 5.32 Å². The summed E-state index contributed by atoms with van der Waals surface area (Å²) in [6, 6.07) is 0. The topological polar surface area (TPSA) is 92.7 Å². The van der Waals surface area contributed by atoms with Crippen molar-refractivity contribution in [1.29, 1.82) is 0 Å². The molecule has 320 valence electrons. The van der Waals surface area contributed by atoms with Crippen LogP contribution in [0, 0.1) is 46.3 Å². The Labute approximate surface area is 343 Å². The van der Waals surface area contributed by atoms with Crippen LogP contribution in [-0.4, -0.2) is 35.6 Å². The molecule has 0 aromatic rings. The van der Waals surface area contributed by atoms with Crippen LogP contribution >= 0.6 is 0 Å². The van der Waals surface area contributed by atoms with E-state index < -0.39 is 5.97 Å². The molecule has 4 fully saturated rings. The number of aliphatic carboxylic acids is 1. The smallest absolute Gasteiger partial charge is 0.322 e. The van der Waals surface area contributed by atoms with Gasteiger partial charge in [-0.15, -0.1) is 0 Å². The molecule has 4 rings (SSSR count). The molecule has 0 spiro atoms. The molecule has 0 aliphatic heterocycles. The molecule has 2 N–H and O–H groups in total. The first-order valence-electron chi connectivity index (χ1n) is 24.1. The lowest BCUT2D eigenvalue weighted by Crippen LogP contribution is -2.54. The van der Waals surface area contributed by atoms with Gasteiger partial charge in [0, 0.05) is 12.8 Å². The Kier molecular flexibility index (Phi) is 20.6. The van der Waals surface area contributed by atoms with Crippen molar-refractivity contribution >= 4 is 17.8 Å². The molecule has 4 saturated carbocycles. The Hall–Kier alpha value is -2.11.